The molecule has 0 aromatic carbocycles. The maximum absolute atomic E-state index is 12.9. The van der Waals surface area contributed by atoms with Crippen molar-refractivity contribution in [3.8, 4) is 0 Å². The van der Waals surface area contributed by atoms with Gasteiger partial charge in [0.2, 0.25) is 11.8 Å². The van der Waals surface area contributed by atoms with Gasteiger partial charge in [-0.3, -0.25) is 19.3 Å². The number of imide groups is 1. The molecule has 2 saturated heterocycles. The van der Waals surface area contributed by atoms with Gasteiger partial charge in [0.05, 0.1) is 0 Å². The minimum Gasteiger partial charge on any atom is -0.339 e. The van der Waals surface area contributed by atoms with E-state index in [1.54, 1.807) is 4.90 Å². The fourth-order valence-corrected chi connectivity index (χ4v) is 4.74. The predicted octanol–water partition coefficient (Wildman–Crippen LogP) is 0.958. The largest absolute Gasteiger partial charge is 0.339 e. The van der Waals surface area contributed by atoms with Crippen LogP contribution in [0.4, 0.5) is 4.79 Å². The van der Waals surface area contributed by atoms with E-state index < -0.39 is 11.6 Å². The normalized spacial score (nSPS) is 30.8. The maximum Gasteiger partial charge on any atom is 0.325 e. The lowest BCUT2D eigenvalue weighted by Gasteiger charge is -2.36. The third-order valence-electron chi connectivity index (χ3n) is 6.95. The highest BCUT2D eigenvalue weighted by molar-refractivity contribution is 6.09. The van der Waals surface area contributed by atoms with Gasteiger partial charge in [-0.2, -0.15) is 0 Å². The van der Waals surface area contributed by atoms with Crippen molar-refractivity contribution < 1.29 is 19.2 Å². The lowest BCUT2D eigenvalue weighted by molar-refractivity contribution is -0.143. The van der Waals surface area contributed by atoms with E-state index in [1.807, 2.05) is 4.90 Å². The molecule has 8 nitrogen and oxygen atoms in total. The summed E-state index contributed by atoms with van der Waals surface area (Å²) in [4.78, 5) is 54.8. The molecule has 4 fully saturated rings. The minimum atomic E-state index is -0.807. The van der Waals surface area contributed by atoms with Crippen LogP contribution in [0.15, 0.2) is 0 Å². The van der Waals surface area contributed by atoms with Crippen LogP contribution in [0.2, 0.25) is 0 Å². The SMILES string of the molecule is CCC1CCC2(CC1)NC(=O)N(CC(=O)N1CCN(C(=O)C3CC3)CC1)C2=O. The van der Waals surface area contributed by atoms with E-state index in [0.717, 1.165) is 37.0 Å². The number of piperazine rings is 1. The molecule has 2 aliphatic carbocycles. The van der Waals surface area contributed by atoms with E-state index in [0.29, 0.717) is 44.9 Å². The van der Waals surface area contributed by atoms with E-state index in [1.165, 1.54) is 0 Å². The summed E-state index contributed by atoms with van der Waals surface area (Å²) in [6.07, 6.45) is 6.22. The Kier molecular flexibility index (Phi) is 5.05. The molecule has 0 bridgehead atoms. The first-order valence-corrected chi connectivity index (χ1v) is 10.6. The highest BCUT2D eigenvalue weighted by Gasteiger charge is 2.52. The van der Waals surface area contributed by atoms with Crippen molar-refractivity contribution in [1.82, 2.24) is 20.0 Å². The van der Waals surface area contributed by atoms with Gasteiger partial charge in [0.1, 0.15) is 12.1 Å². The van der Waals surface area contributed by atoms with Crippen molar-refractivity contribution in [2.75, 3.05) is 32.7 Å². The fourth-order valence-electron chi connectivity index (χ4n) is 4.74. The van der Waals surface area contributed by atoms with Crippen LogP contribution in [0.25, 0.3) is 0 Å². The van der Waals surface area contributed by atoms with E-state index in [2.05, 4.69) is 12.2 Å². The Morgan fingerprint density at radius 1 is 1.00 bits per heavy atom. The molecule has 1 N–H and O–H groups in total. The first-order chi connectivity index (χ1) is 13.4. The molecule has 4 aliphatic rings. The molecular weight excluding hydrogens is 360 g/mol. The summed E-state index contributed by atoms with van der Waals surface area (Å²) < 4.78 is 0. The molecule has 2 saturated carbocycles. The zero-order valence-corrected chi connectivity index (χ0v) is 16.6. The van der Waals surface area contributed by atoms with Gasteiger partial charge in [-0.1, -0.05) is 13.3 Å². The Bertz CT molecular complexity index is 674. The number of rotatable bonds is 4. The molecular formula is C20H30N4O4. The molecule has 1 spiro atoms. The predicted molar refractivity (Wildman–Crippen MR) is 101 cm³/mol. The molecule has 0 aromatic heterocycles. The quantitative estimate of drug-likeness (QED) is 0.724. The number of amides is 5. The van der Waals surface area contributed by atoms with E-state index in [9.17, 15) is 19.2 Å². The maximum atomic E-state index is 12.9. The molecule has 0 unspecified atom stereocenters. The highest BCUT2D eigenvalue weighted by atomic mass is 16.2. The Morgan fingerprint density at radius 2 is 1.61 bits per heavy atom. The summed E-state index contributed by atoms with van der Waals surface area (Å²) in [7, 11) is 0. The fraction of sp³-hybridized carbons (Fsp3) is 0.800. The summed E-state index contributed by atoms with van der Waals surface area (Å²) in [5.74, 6) is 0.530. The van der Waals surface area contributed by atoms with Gasteiger partial charge >= 0.3 is 6.03 Å². The lowest BCUT2D eigenvalue weighted by atomic mass is 9.75. The molecule has 0 atom stereocenters. The van der Waals surface area contributed by atoms with Crippen LogP contribution in [0.1, 0.15) is 51.9 Å². The third kappa shape index (κ3) is 3.49. The number of urea groups is 1. The minimum absolute atomic E-state index is 0.187. The Balaban J connectivity index is 1.31. The van der Waals surface area contributed by atoms with Crippen LogP contribution in [0, 0.1) is 11.8 Å². The Labute approximate surface area is 165 Å². The van der Waals surface area contributed by atoms with E-state index in [4.69, 9.17) is 0 Å². The first-order valence-electron chi connectivity index (χ1n) is 10.6. The second kappa shape index (κ2) is 7.37. The Morgan fingerprint density at radius 3 is 2.18 bits per heavy atom. The standard InChI is InChI=1S/C20H30N4O4/c1-2-14-5-7-20(8-6-14)18(27)24(19(28)21-20)13-16(25)22-9-11-23(12-10-22)17(26)15-3-4-15/h14-15H,2-13H2,1H3,(H,21,28). The molecule has 8 heteroatoms. The van der Waals surface area contributed by atoms with Gasteiger partial charge in [0.15, 0.2) is 0 Å². The van der Waals surface area contributed by atoms with E-state index in [-0.39, 0.29) is 30.2 Å². The summed E-state index contributed by atoms with van der Waals surface area (Å²) in [5.41, 5.74) is -0.807. The van der Waals surface area contributed by atoms with Gasteiger partial charge < -0.3 is 15.1 Å². The third-order valence-corrected chi connectivity index (χ3v) is 6.95. The zero-order valence-electron chi connectivity index (χ0n) is 16.6. The van der Waals surface area contributed by atoms with Gasteiger partial charge in [0, 0.05) is 32.1 Å². The van der Waals surface area contributed by atoms with Crippen molar-refractivity contribution in [3.63, 3.8) is 0 Å². The summed E-state index contributed by atoms with van der Waals surface area (Å²) in [6, 6.07) is -0.448. The second-order valence-electron chi connectivity index (χ2n) is 8.74. The number of nitrogens with one attached hydrogen (secondary N) is 1. The monoisotopic (exact) mass is 390 g/mol. The van der Waals surface area contributed by atoms with Crippen LogP contribution >= 0.6 is 0 Å². The average molecular weight is 390 g/mol. The second-order valence-corrected chi connectivity index (χ2v) is 8.74. The summed E-state index contributed by atoms with van der Waals surface area (Å²) in [5, 5.41) is 2.88. The van der Waals surface area contributed by atoms with Crippen LogP contribution < -0.4 is 5.32 Å². The van der Waals surface area contributed by atoms with Crippen LogP contribution in [-0.2, 0) is 14.4 Å². The highest BCUT2D eigenvalue weighted by Crippen LogP contribution is 2.37. The molecule has 2 heterocycles. The van der Waals surface area contributed by atoms with Crippen LogP contribution in [0.3, 0.4) is 0 Å². The van der Waals surface area contributed by atoms with Gasteiger partial charge in [-0.05, 0) is 44.4 Å². The molecule has 28 heavy (non-hydrogen) atoms. The van der Waals surface area contributed by atoms with Gasteiger partial charge in [-0.25, -0.2) is 4.79 Å². The number of hydrogen-bond donors (Lipinski definition) is 1. The molecule has 0 radical (unpaired) electrons. The van der Waals surface area contributed by atoms with Crippen molar-refractivity contribution >= 4 is 23.8 Å². The smallest absolute Gasteiger partial charge is 0.325 e. The lowest BCUT2D eigenvalue weighted by Crippen LogP contribution is -2.54. The average Bonchev–Trinajstić information content (AvgIpc) is 3.53. The van der Waals surface area contributed by atoms with Gasteiger partial charge in [-0.15, -0.1) is 0 Å². The number of nitrogens with zero attached hydrogens (tertiary/aromatic N) is 3. The van der Waals surface area contributed by atoms with Crippen molar-refractivity contribution in [1.29, 1.82) is 0 Å². The number of carbonyl (C=O) groups is 4. The van der Waals surface area contributed by atoms with Crippen LogP contribution in [-0.4, -0.2) is 76.7 Å². The topological polar surface area (TPSA) is 90.0 Å². The van der Waals surface area contributed by atoms with Crippen molar-refractivity contribution in [3.05, 3.63) is 0 Å². The van der Waals surface area contributed by atoms with Crippen LogP contribution in [0.5, 0.6) is 0 Å². The molecule has 2 aliphatic heterocycles. The Hall–Kier alpha value is -2.12. The van der Waals surface area contributed by atoms with Crippen molar-refractivity contribution in [2.24, 2.45) is 11.8 Å². The molecule has 4 rings (SSSR count). The molecule has 154 valence electrons. The van der Waals surface area contributed by atoms with Crippen molar-refractivity contribution in [2.45, 2.75) is 57.4 Å². The zero-order chi connectivity index (χ0) is 19.9. The number of carbonyl (C=O) groups excluding carboxylic acids is 4. The van der Waals surface area contributed by atoms with E-state index >= 15 is 0 Å². The summed E-state index contributed by atoms with van der Waals surface area (Å²) >= 11 is 0. The number of hydrogen-bond acceptors (Lipinski definition) is 4. The first kappa shape index (κ1) is 19.2. The molecule has 0 aromatic rings. The van der Waals surface area contributed by atoms with Gasteiger partial charge in [0.25, 0.3) is 5.91 Å². The molecule has 5 amide bonds. The summed E-state index contributed by atoms with van der Waals surface area (Å²) in [6.45, 7) is 3.93.